The summed E-state index contributed by atoms with van der Waals surface area (Å²) in [4.78, 5) is 0. The Labute approximate surface area is 88.1 Å². The highest BCUT2D eigenvalue weighted by Gasteiger charge is 2.21. The van der Waals surface area contributed by atoms with Crippen LogP contribution < -0.4 is 5.32 Å². The molecule has 1 aliphatic carbocycles. The monoisotopic (exact) mass is 199 g/mol. The van der Waals surface area contributed by atoms with Gasteiger partial charge in [-0.1, -0.05) is 26.2 Å². The van der Waals surface area contributed by atoms with Crippen LogP contribution >= 0.6 is 0 Å². The van der Waals surface area contributed by atoms with Crippen molar-refractivity contribution in [1.29, 1.82) is 0 Å². The normalized spacial score (nSPS) is 23.4. The largest absolute Gasteiger partial charge is 0.395 e. The maximum Gasteiger partial charge on any atom is 0.0584 e. The minimum atomic E-state index is 0.271. The maximum absolute atomic E-state index is 9.11. The molecule has 14 heavy (non-hydrogen) atoms. The average molecular weight is 199 g/mol. The summed E-state index contributed by atoms with van der Waals surface area (Å²) in [6.45, 7) is 4.67. The lowest BCUT2D eigenvalue weighted by Crippen LogP contribution is -2.43. The highest BCUT2D eigenvalue weighted by Crippen LogP contribution is 2.26. The van der Waals surface area contributed by atoms with Gasteiger partial charge in [-0.2, -0.15) is 0 Å². The van der Waals surface area contributed by atoms with E-state index < -0.39 is 0 Å². The van der Waals surface area contributed by atoms with Crippen LogP contribution in [0, 0.1) is 5.92 Å². The van der Waals surface area contributed by atoms with Crippen LogP contribution in [0.15, 0.2) is 0 Å². The van der Waals surface area contributed by atoms with Crippen molar-refractivity contribution in [2.75, 3.05) is 6.61 Å². The molecule has 0 saturated heterocycles. The van der Waals surface area contributed by atoms with Crippen molar-refractivity contribution in [1.82, 2.24) is 5.32 Å². The fourth-order valence-electron chi connectivity index (χ4n) is 2.44. The first-order valence-corrected chi connectivity index (χ1v) is 6.14. The van der Waals surface area contributed by atoms with Crippen molar-refractivity contribution < 1.29 is 5.11 Å². The minimum absolute atomic E-state index is 0.271. The van der Waals surface area contributed by atoms with Crippen molar-refractivity contribution in [3.63, 3.8) is 0 Å². The molecule has 0 aliphatic heterocycles. The molecule has 0 aromatic carbocycles. The Hall–Kier alpha value is -0.0800. The number of aliphatic hydroxyl groups is 1. The van der Waals surface area contributed by atoms with E-state index in [0.29, 0.717) is 12.1 Å². The van der Waals surface area contributed by atoms with Crippen molar-refractivity contribution in [2.24, 2.45) is 5.92 Å². The van der Waals surface area contributed by atoms with E-state index in [1.807, 2.05) is 0 Å². The Morgan fingerprint density at radius 2 is 1.93 bits per heavy atom. The average Bonchev–Trinajstić information content (AvgIpc) is 2.26. The third-order valence-electron chi connectivity index (χ3n) is 3.57. The summed E-state index contributed by atoms with van der Waals surface area (Å²) in [5.41, 5.74) is 0. The molecule has 2 nitrogen and oxygen atoms in total. The van der Waals surface area contributed by atoms with Crippen LogP contribution in [-0.4, -0.2) is 23.8 Å². The van der Waals surface area contributed by atoms with Gasteiger partial charge in [0.1, 0.15) is 0 Å². The summed E-state index contributed by atoms with van der Waals surface area (Å²) in [7, 11) is 0. The predicted molar refractivity (Wildman–Crippen MR) is 60.3 cm³/mol. The third kappa shape index (κ3) is 3.58. The molecule has 2 atom stereocenters. The van der Waals surface area contributed by atoms with Crippen molar-refractivity contribution >= 4 is 0 Å². The van der Waals surface area contributed by atoms with E-state index in [0.717, 1.165) is 12.3 Å². The molecule has 0 spiro atoms. The summed E-state index contributed by atoms with van der Waals surface area (Å²) < 4.78 is 0. The molecule has 2 heteroatoms. The summed E-state index contributed by atoms with van der Waals surface area (Å²) >= 11 is 0. The van der Waals surface area contributed by atoms with Gasteiger partial charge < -0.3 is 10.4 Å². The van der Waals surface area contributed by atoms with Crippen molar-refractivity contribution in [2.45, 2.75) is 64.5 Å². The molecule has 1 aliphatic rings. The second-order valence-electron chi connectivity index (χ2n) is 4.64. The van der Waals surface area contributed by atoms with Gasteiger partial charge in [-0.25, -0.2) is 0 Å². The molecule has 0 aromatic rings. The van der Waals surface area contributed by atoms with Crippen LogP contribution in [-0.2, 0) is 0 Å². The molecule has 1 rings (SSSR count). The smallest absolute Gasteiger partial charge is 0.0584 e. The van der Waals surface area contributed by atoms with Gasteiger partial charge in [-0.05, 0) is 32.1 Å². The summed E-state index contributed by atoms with van der Waals surface area (Å²) in [6, 6.07) is 0.874. The second kappa shape index (κ2) is 6.41. The number of rotatable bonds is 5. The van der Waals surface area contributed by atoms with Crippen molar-refractivity contribution in [3.8, 4) is 0 Å². The van der Waals surface area contributed by atoms with Gasteiger partial charge in [0.25, 0.3) is 0 Å². The SMILES string of the molecule is CC[C@@H](CO)NC(C)C1CCCCC1. The van der Waals surface area contributed by atoms with E-state index in [9.17, 15) is 0 Å². The standard InChI is InChI=1S/C12H25NO/c1-3-12(9-14)13-10(2)11-7-5-4-6-8-11/h10-14H,3-9H2,1-2H3/t10?,12-/m0/s1. The van der Waals surface area contributed by atoms with Crippen molar-refractivity contribution in [3.05, 3.63) is 0 Å². The van der Waals surface area contributed by atoms with Crippen LogP contribution in [0.4, 0.5) is 0 Å². The Balaban J connectivity index is 2.27. The lowest BCUT2D eigenvalue weighted by atomic mass is 9.84. The topological polar surface area (TPSA) is 32.3 Å². The molecule has 84 valence electrons. The molecule has 0 heterocycles. The van der Waals surface area contributed by atoms with Gasteiger partial charge in [-0.15, -0.1) is 0 Å². The van der Waals surface area contributed by atoms with E-state index in [2.05, 4.69) is 19.2 Å². The zero-order valence-corrected chi connectivity index (χ0v) is 9.63. The van der Waals surface area contributed by atoms with Gasteiger partial charge in [0.05, 0.1) is 6.61 Å². The molecule has 2 N–H and O–H groups in total. The minimum Gasteiger partial charge on any atom is -0.395 e. The van der Waals surface area contributed by atoms with Gasteiger partial charge in [0.2, 0.25) is 0 Å². The molecule has 0 aromatic heterocycles. The molecular weight excluding hydrogens is 174 g/mol. The van der Waals surface area contributed by atoms with Crippen LogP contribution in [0.5, 0.6) is 0 Å². The molecule has 0 radical (unpaired) electrons. The predicted octanol–water partition coefficient (Wildman–Crippen LogP) is 2.32. The van der Waals surface area contributed by atoms with E-state index >= 15 is 0 Å². The summed E-state index contributed by atoms with van der Waals surface area (Å²) in [5.74, 6) is 0.837. The lowest BCUT2D eigenvalue weighted by Gasteiger charge is -2.31. The highest BCUT2D eigenvalue weighted by molar-refractivity contribution is 4.78. The zero-order valence-electron chi connectivity index (χ0n) is 9.63. The van der Waals surface area contributed by atoms with E-state index in [4.69, 9.17) is 5.11 Å². The van der Waals surface area contributed by atoms with E-state index in [1.54, 1.807) is 0 Å². The Morgan fingerprint density at radius 3 is 2.43 bits per heavy atom. The number of hydrogen-bond acceptors (Lipinski definition) is 2. The Kier molecular flexibility index (Phi) is 5.49. The molecule has 1 unspecified atom stereocenters. The molecule has 0 bridgehead atoms. The first-order chi connectivity index (χ1) is 6.77. The number of hydrogen-bond donors (Lipinski definition) is 2. The van der Waals surface area contributed by atoms with Crippen LogP contribution in [0.2, 0.25) is 0 Å². The molecular formula is C12H25NO. The zero-order chi connectivity index (χ0) is 10.4. The highest BCUT2D eigenvalue weighted by atomic mass is 16.3. The molecule has 0 amide bonds. The number of nitrogens with one attached hydrogen (secondary N) is 1. The van der Waals surface area contributed by atoms with Crippen LogP contribution in [0.1, 0.15) is 52.4 Å². The Morgan fingerprint density at radius 1 is 1.29 bits per heavy atom. The maximum atomic E-state index is 9.11. The summed E-state index contributed by atoms with van der Waals surface area (Å²) in [6.07, 6.45) is 7.97. The third-order valence-corrected chi connectivity index (χ3v) is 3.57. The lowest BCUT2D eigenvalue weighted by molar-refractivity contribution is 0.200. The second-order valence-corrected chi connectivity index (χ2v) is 4.64. The first-order valence-electron chi connectivity index (χ1n) is 6.14. The quantitative estimate of drug-likeness (QED) is 0.712. The number of aliphatic hydroxyl groups excluding tert-OH is 1. The van der Waals surface area contributed by atoms with Gasteiger partial charge in [0, 0.05) is 12.1 Å². The van der Waals surface area contributed by atoms with E-state index in [1.165, 1.54) is 32.1 Å². The molecule has 1 fully saturated rings. The summed E-state index contributed by atoms with van der Waals surface area (Å²) in [5, 5.41) is 12.6. The fourth-order valence-corrected chi connectivity index (χ4v) is 2.44. The van der Waals surface area contributed by atoms with Gasteiger partial charge in [0.15, 0.2) is 0 Å². The van der Waals surface area contributed by atoms with Crippen LogP contribution in [0.25, 0.3) is 0 Å². The Bertz CT molecular complexity index is 139. The van der Waals surface area contributed by atoms with Gasteiger partial charge in [-0.3, -0.25) is 0 Å². The van der Waals surface area contributed by atoms with Gasteiger partial charge >= 0.3 is 0 Å². The van der Waals surface area contributed by atoms with Crippen LogP contribution in [0.3, 0.4) is 0 Å². The first kappa shape index (κ1) is 12.0. The molecule has 1 saturated carbocycles. The fraction of sp³-hybridized carbons (Fsp3) is 1.00. The van der Waals surface area contributed by atoms with E-state index in [-0.39, 0.29) is 6.61 Å².